The molecule has 1 N–H and O–H groups in total. The van der Waals surface area contributed by atoms with Gasteiger partial charge in [0.25, 0.3) is 0 Å². The molecule has 1 amide bonds. The van der Waals surface area contributed by atoms with E-state index in [2.05, 4.69) is 20.3 Å². The van der Waals surface area contributed by atoms with E-state index in [0.29, 0.717) is 22.8 Å². The van der Waals surface area contributed by atoms with Crippen molar-refractivity contribution in [3.63, 3.8) is 0 Å². The lowest BCUT2D eigenvalue weighted by molar-refractivity contribution is -0.114. The van der Waals surface area contributed by atoms with Gasteiger partial charge in [0, 0.05) is 43.7 Å². The second-order valence-corrected chi connectivity index (χ2v) is 6.03. The highest BCUT2D eigenvalue weighted by atomic mass is 19.3. The number of alkyl halides is 2. The quantitative estimate of drug-likeness (QED) is 0.789. The summed E-state index contributed by atoms with van der Waals surface area (Å²) in [5, 5.41) is 3.37. The summed E-state index contributed by atoms with van der Waals surface area (Å²) in [5.74, 6) is -3.50. The SMILES string of the molecule is CC(=O)Nc1cc2c(-c3cc(C)nc(C(C)(F)F)n3)cn(C)c2cn1. The number of amides is 1. The predicted octanol–water partition coefficient (Wildman–Crippen LogP) is 3.41. The first kappa shape index (κ1) is 16.9. The fraction of sp³-hybridized carbons (Fsp3) is 0.294. The van der Waals surface area contributed by atoms with Crippen molar-refractivity contribution in [3.8, 4) is 11.3 Å². The van der Waals surface area contributed by atoms with Crippen LogP contribution in [0.5, 0.6) is 0 Å². The molecule has 0 aromatic carbocycles. The molecule has 0 aliphatic carbocycles. The van der Waals surface area contributed by atoms with Crippen LogP contribution in [0.3, 0.4) is 0 Å². The van der Waals surface area contributed by atoms with E-state index in [-0.39, 0.29) is 5.91 Å². The van der Waals surface area contributed by atoms with Crippen LogP contribution >= 0.6 is 0 Å². The molecule has 0 saturated carbocycles. The topological polar surface area (TPSA) is 72.7 Å². The molecule has 130 valence electrons. The van der Waals surface area contributed by atoms with Gasteiger partial charge in [-0.1, -0.05) is 0 Å². The number of nitrogens with one attached hydrogen (secondary N) is 1. The number of fused-ring (bicyclic) bond motifs is 1. The van der Waals surface area contributed by atoms with Crippen LogP contribution in [0, 0.1) is 6.92 Å². The third-order valence-electron chi connectivity index (χ3n) is 3.70. The average molecular weight is 345 g/mol. The summed E-state index contributed by atoms with van der Waals surface area (Å²) >= 11 is 0. The van der Waals surface area contributed by atoms with Crippen molar-refractivity contribution in [1.82, 2.24) is 19.5 Å². The van der Waals surface area contributed by atoms with Crippen molar-refractivity contribution in [2.45, 2.75) is 26.7 Å². The number of anilines is 1. The molecule has 3 aromatic heterocycles. The number of halogens is 2. The highest BCUT2D eigenvalue weighted by molar-refractivity contribution is 5.98. The van der Waals surface area contributed by atoms with E-state index in [1.165, 1.54) is 6.92 Å². The van der Waals surface area contributed by atoms with Gasteiger partial charge in [-0.05, 0) is 19.1 Å². The van der Waals surface area contributed by atoms with Crippen LogP contribution in [-0.2, 0) is 17.8 Å². The van der Waals surface area contributed by atoms with Crippen LogP contribution < -0.4 is 5.32 Å². The number of hydrogen-bond donors (Lipinski definition) is 1. The highest BCUT2D eigenvalue weighted by Gasteiger charge is 2.29. The molecule has 25 heavy (non-hydrogen) atoms. The highest BCUT2D eigenvalue weighted by Crippen LogP contribution is 2.32. The monoisotopic (exact) mass is 345 g/mol. The van der Waals surface area contributed by atoms with Crippen LogP contribution in [0.15, 0.2) is 24.5 Å². The maximum absolute atomic E-state index is 13.7. The number of aryl methyl sites for hydroxylation is 2. The normalized spacial score (nSPS) is 11.8. The minimum absolute atomic E-state index is 0.241. The molecule has 6 nitrogen and oxygen atoms in total. The molecule has 0 saturated heterocycles. The zero-order valence-electron chi connectivity index (χ0n) is 14.3. The van der Waals surface area contributed by atoms with Gasteiger partial charge in [-0.2, -0.15) is 8.78 Å². The van der Waals surface area contributed by atoms with Gasteiger partial charge in [-0.3, -0.25) is 4.79 Å². The molecular formula is C17H17F2N5O. The van der Waals surface area contributed by atoms with Gasteiger partial charge < -0.3 is 9.88 Å². The molecule has 0 unspecified atom stereocenters. The van der Waals surface area contributed by atoms with Crippen molar-refractivity contribution in [1.29, 1.82) is 0 Å². The van der Waals surface area contributed by atoms with E-state index in [4.69, 9.17) is 0 Å². The van der Waals surface area contributed by atoms with Crippen molar-refractivity contribution >= 4 is 22.6 Å². The number of carbonyl (C=O) groups excluding carboxylic acids is 1. The molecule has 0 aliphatic heterocycles. The Morgan fingerprint density at radius 2 is 2.00 bits per heavy atom. The van der Waals surface area contributed by atoms with Gasteiger partial charge in [0.2, 0.25) is 5.91 Å². The summed E-state index contributed by atoms with van der Waals surface area (Å²) < 4.78 is 29.2. The molecule has 0 aliphatic rings. The first-order chi connectivity index (χ1) is 11.6. The molecule has 0 bridgehead atoms. The van der Waals surface area contributed by atoms with Crippen LogP contribution in [0.25, 0.3) is 22.2 Å². The lowest BCUT2D eigenvalue weighted by Crippen LogP contribution is -2.13. The minimum atomic E-state index is -3.13. The third kappa shape index (κ3) is 3.33. The maximum atomic E-state index is 13.7. The van der Waals surface area contributed by atoms with Gasteiger partial charge in [-0.15, -0.1) is 0 Å². The Balaban J connectivity index is 2.21. The fourth-order valence-corrected chi connectivity index (χ4v) is 2.63. The molecule has 0 spiro atoms. The molecule has 0 atom stereocenters. The molecular weight excluding hydrogens is 328 g/mol. The zero-order valence-corrected chi connectivity index (χ0v) is 14.3. The molecule has 0 radical (unpaired) electrons. The van der Waals surface area contributed by atoms with Crippen molar-refractivity contribution < 1.29 is 13.6 Å². The maximum Gasteiger partial charge on any atom is 0.303 e. The lowest BCUT2D eigenvalue weighted by Gasteiger charge is -2.11. The van der Waals surface area contributed by atoms with Crippen LogP contribution in [-0.4, -0.2) is 25.4 Å². The molecule has 3 aromatic rings. The Bertz CT molecular complexity index is 975. The zero-order chi connectivity index (χ0) is 18.4. The fourth-order valence-electron chi connectivity index (χ4n) is 2.63. The number of hydrogen-bond acceptors (Lipinski definition) is 4. The third-order valence-corrected chi connectivity index (χ3v) is 3.70. The summed E-state index contributed by atoms with van der Waals surface area (Å²) in [4.78, 5) is 23.3. The molecule has 0 fully saturated rings. The standard InChI is InChI=1S/C17H17F2N5O/c1-9-5-13(23-16(21-9)17(3,18)19)12-8-24(4)14-7-20-15(6-11(12)14)22-10(2)25/h5-8H,1-4H3,(H,20,22,25). The predicted molar refractivity (Wildman–Crippen MR) is 90.3 cm³/mol. The van der Waals surface area contributed by atoms with Crippen molar-refractivity contribution in [2.75, 3.05) is 5.32 Å². The summed E-state index contributed by atoms with van der Waals surface area (Å²) in [6, 6.07) is 3.36. The largest absolute Gasteiger partial charge is 0.349 e. The van der Waals surface area contributed by atoms with E-state index >= 15 is 0 Å². The van der Waals surface area contributed by atoms with E-state index in [9.17, 15) is 13.6 Å². The van der Waals surface area contributed by atoms with E-state index in [1.807, 2.05) is 11.6 Å². The van der Waals surface area contributed by atoms with Gasteiger partial charge in [0.05, 0.1) is 17.4 Å². The Morgan fingerprint density at radius 3 is 2.64 bits per heavy atom. The lowest BCUT2D eigenvalue weighted by atomic mass is 10.1. The number of pyridine rings is 1. The van der Waals surface area contributed by atoms with E-state index in [1.54, 1.807) is 31.5 Å². The second-order valence-electron chi connectivity index (χ2n) is 6.03. The summed E-state index contributed by atoms with van der Waals surface area (Å²) in [6.45, 7) is 3.81. The number of carbonyl (C=O) groups is 1. The first-order valence-corrected chi connectivity index (χ1v) is 7.62. The number of rotatable bonds is 3. The molecule has 3 rings (SSSR count). The van der Waals surface area contributed by atoms with Gasteiger partial charge in [0.15, 0.2) is 5.82 Å². The van der Waals surface area contributed by atoms with Gasteiger partial charge in [0.1, 0.15) is 5.82 Å². The Hall–Kier alpha value is -2.90. The average Bonchev–Trinajstić information content (AvgIpc) is 2.82. The molecule has 3 heterocycles. The van der Waals surface area contributed by atoms with Crippen LogP contribution in [0.2, 0.25) is 0 Å². The Morgan fingerprint density at radius 1 is 1.28 bits per heavy atom. The van der Waals surface area contributed by atoms with Crippen molar-refractivity contribution in [3.05, 3.63) is 36.0 Å². The van der Waals surface area contributed by atoms with E-state index < -0.39 is 11.7 Å². The Kier molecular flexibility index (Phi) is 3.98. The van der Waals surface area contributed by atoms with Crippen molar-refractivity contribution in [2.24, 2.45) is 7.05 Å². The number of nitrogens with zero attached hydrogens (tertiary/aromatic N) is 4. The Labute approximate surface area is 142 Å². The van der Waals surface area contributed by atoms with Gasteiger partial charge >= 0.3 is 5.92 Å². The summed E-state index contributed by atoms with van der Waals surface area (Å²) in [5.41, 5.74) is 2.32. The van der Waals surface area contributed by atoms with E-state index in [0.717, 1.165) is 17.8 Å². The molecule has 8 heteroatoms. The minimum Gasteiger partial charge on any atom is -0.349 e. The number of aromatic nitrogens is 4. The smallest absolute Gasteiger partial charge is 0.303 e. The first-order valence-electron chi connectivity index (χ1n) is 7.62. The summed E-state index contributed by atoms with van der Waals surface area (Å²) in [6.07, 6.45) is 3.41. The van der Waals surface area contributed by atoms with Crippen LogP contribution in [0.1, 0.15) is 25.4 Å². The second kappa shape index (κ2) is 5.87. The van der Waals surface area contributed by atoms with Gasteiger partial charge in [-0.25, -0.2) is 15.0 Å². The van der Waals surface area contributed by atoms with Crippen LogP contribution in [0.4, 0.5) is 14.6 Å². The summed E-state index contributed by atoms with van der Waals surface area (Å²) in [7, 11) is 1.83.